The van der Waals surface area contributed by atoms with E-state index >= 15 is 0 Å². The fraction of sp³-hybridized carbons (Fsp3) is 1.00. The van der Waals surface area contributed by atoms with Crippen molar-refractivity contribution in [3.05, 3.63) is 0 Å². The van der Waals surface area contributed by atoms with Gasteiger partial charge < -0.3 is 10.1 Å². The molecule has 0 aromatic heterocycles. The van der Waals surface area contributed by atoms with Crippen molar-refractivity contribution in [1.82, 2.24) is 5.32 Å². The molecule has 1 aliphatic heterocycles. The van der Waals surface area contributed by atoms with Gasteiger partial charge in [0.2, 0.25) is 0 Å². The lowest BCUT2D eigenvalue weighted by atomic mass is 9.83. The lowest BCUT2D eigenvalue weighted by molar-refractivity contribution is 0.0142. The van der Waals surface area contributed by atoms with Crippen molar-refractivity contribution in [2.75, 3.05) is 13.2 Å². The van der Waals surface area contributed by atoms with Crippen LogP contribution >= 0.6 is 0 Å². The van der Waals surface area contributed by atoms with Gasteiger partial charge in [0.05, 0.1) is 6.10 Å². The summed E-state index contributed by atoms with van der Waals surface area (Å²) in [6, 6.07) is 0.789. The second-order valence-corrected chi connectivity index (χ2v) is 6.17. The molecule has 2 aliphatic carbocycles. The van der Waals surface area contributed by atoms with Gasteiger partial charge in [-0.2, -0.15) is 0 Å². The average molecular weight is 223 g/mol. The van der Waals surface area contributed by atoms with Crippen LogP contribution in [0, 0.1) is 5.41 Å². The monoisotopic (exact) mass is 223 g/mol. The molecule has 1 unspecified atom stereocenters. The first-order chi connectivity index (χ1) is 7.86. The van der Waals surface area contributed by atoms with E-state index in [0.717, 1.165) is 24.6 Å². The molecule has 16 heavy (non-hydrogen) atoms. The summed E-state index contributed by atoms with van der Waals surface area (Å²) in [6.07, 6.45) is 13.2. The highest BCUT2D eigenvalue weighted by molar-refractivity contribution is 4.97. The fourth-order valence-electron chi connectivity index (χ4n) is 3.38. The van der Waals surface area contributed by atoms with E-state index in [9.17, 15) is 0 Å². The van der Waals surface area contributed by atoms with Crippen LogP contribution in [0.2, 0.25) is 0 Å². The zero-order chi connectivity index (χ0) is 10.8. The van der Waals surface area contributed by atoms with Crippen LogP contribution in [0.15, 0.2) is 0 Å². The van der Waals surface area contributed by atoms with E-state index in [1.54, 1.807) is 0 Å². The smallest absolute Gasteiger partial charge is 0.0699 e. The first kappa shape index (κ1) is 11.0. The van der Waals surface area contributed by atoms with Crippen LogP contribution < -0.4 is 5.32 Å². The molecule has 3 aliphatic rings. The number of ether oxygens (including phenoxy) is 1. The Labute approximate surface area is 99.1 Å². The quantitative estimate of drug-likeness (QED) is 0.794. The molecule has 2 saturated carbocycles. The molecular formula is C14H25NO. The van der Waals surface area contributed by atoms with Crippen LogP contribution in [-0.4, -0.2) is 25.3 Å². The summed E-state index contributed by atoms with van der Waals surface area (Å²) in [7, 11) is 0. The maximum atomic E-state index is 5.76. The molecular weight excluding hydrogens is 198 g/mol. The molecule has 3 fully saturated rings. The van der Waals surface area contributed by atoms with E-state index in [0.29, 0.717) is 6.10 Å². The molecule has 1 atom stereocenters. The molecule has 0 aromatic carbocycles. The molecule has 1 N–H and O–H groups in total. The van der Waals surface area contributed by atoms with Gasteiger partial charge in [-0.3, -0.25) is 0 Å². The zero-order valence-electron chi connectivity index (χ0n) is 10.3. The largest absolute Gasteiger partial charge is 0.377 e. The van der Waals surface area contributed by atoms with Crippen LogP contribution in [0.4, 0.5) is 0 Å². The molecule has 0 radical (unpaired) electrons. The van der Waals surface area contributed by atoms with Crippen molar-refractivity contribution in [3.63, 3.8) is 0 Å². The summed E-state index contributed by atoms with van der Waals surface area (Å²) < 4.78 is 5.76. The summed E-state index contributed by atoms with van der Waals surface area (Å²) in [6.45, 7) is 2.08. The second-order valence-electron chi connectivity index (χ2n) is 6.17. The predicted octanol–water partition coefficient (Wildman–Crippen LogP) is 2.87. The minimum Gasteiger partial charge on any atom is -0.377 e. The van der Waals surface area contributed by atoms with Crippen molar-refractivity contribution < 1.29 is 4.74 Å². The van der Waals surface area contributed by atoms with E-state index in [-0.39, 0.29) is 0 Å². The van der Waals surface area contributed by atoms with Crippen LogP contribution in [0.25, 0.3) is 0 Å². The van der Waals surface area contributed by atoms with E-state index in [4.69, 9.17) is 4.74 Å². The van der Waals surface area contributed by atoms with Gasteiger partial charge in [0.1, 0.15) is 0 Å². The highest BCUT2D eigenvalue weighted by Gasteiger charge is 2.44. The minimum absolute atomic E-state index is 0.505. The van der Waals surface area contributed by atoms with Gasteiger partial charge in [0, 0.05) is 19.2 Å². The summed E-state index contributed by atoms with van der Waals surface area (Å²) in [5.41, 5.74) is 0.833. The zero-order valence-corrected chi connectivity index (χ0v) is 10.3. The first-order valence-corrected chi connectivity index (χ1v) is 7.21. The van der Waals surface area contributed by atoms with E-state index in [2.05, 4.69) is 5.32 Å². The van der Waals surface area contributed by atoms with Crippen LogP contribution in [0.1, 0.15) is 57.8 Å². The van der Waals surface area contributed by atoms with Gasteiger partial charge >= 0.3 is 0 Å². The van der Waals surface area contributed by atoms with Crippen molar-refractivity contribution >= 4 is 0 Å². The van der Waals surface area contributed by atoms with Crippen LogP contribution in [0.5, 0.6) is 0 Å². The number of nitrogens with one attached hydrogen (secondary N) is 1. The maximum absolute atomic E-state index is 5.76. The molecule has 1 saturated heterocycles. The first-order valence-electron chi connectivity index (χ1n) is 7.21. The van der Waals surface area contributed by atoms with Crippen molar-refractivity contribution in [3.8, 4) is 0 Å². The highest BCUT2D eigenvalue weighted by atomic mass is 16.5. The molecule has 2 heteroatoms. The number of rotatable bonds is 3. The number of hydrogen-bond acceptors (Lipinski definition) is 2. The summed E-state index contributed by atoms with van der Waals surface area (Å²) in [4.78, 5) is 0. The lowest BCUT2D eigenvalue weighted by Crippen LogP contribution is -2.40. The molecule has 1 heterocycles. The standard InChI is InChI=1S/C14H25NO/c1-2-10-16-13(3-1)11-15-12-4-6-14(7-5-12)8-9-14/h12-13,15H,1-11H2. The number of hydrogen-bond donors (Lipinski definition) is 1. The Bertz CT molecular complexity index is 221. The molecule has 92 valence electrons. The summed E-state index contributed by atoms with van der Waals surface area (Å²) in [5, 5.41) is 3.73. The molecule has 1 spiro atoms. The Balaban J connectivity index is 1.35. The topological polar surface area (TPSA) is 21.3 Å². The summed E-state index contributed by atoms with van der Waals surface area (Å²) in [5.74, 6) is 0. The van der Waals surface area contributed by atoms with Gasteiger partial charge in [-0.15, -0.1) is 0 Å². The van der Waals surface area contributed by atoms with Crippen LogP contribution in [-0.2, 0) is 4.74 Å². The average Bonchev–Trinajstić information content (AvgIpc) is 3.10. The van der Waals surface area contributed by atoms with Crippen LogP contribution in [0.3, 0.4) is 0 Å². The van der Waals surface area contributed by atoms with Gasteiger partial charge in [-0.25, -0.2) is 0 Å². The third-order valence-electron chi connectivity index (χ3n) is 4.91. The molecule has 3 rings (SSSR count). The summed E-state index contributed by atoms with van der Waals surface area (Å²) >= 11 is 0. The fourth-order valence-corrected chi connectivity index (χ4v) is 3.38. The Hall–Kier alpha value is -0.0800. The van der Waals surface area contributed by atoms with E-state index in [1.165, 1.54) is 57.8 Å². The van der Waals surface area contributed by atoms with Crippen molar-refractivity contribution in [2.24, 2.45) is 5.41 Å². The molecule has 2 nitrogen and oxygen atoms in total. The van der Waals surface area contributed by atoms with Gasteiger partial charge in [-0.05, 0) is 63.2 Å². The molecule has 0 bridgehead atoms. The second kappa shape index (κ2) is 4.66. The van der Waals surface area contributed by atoms with E-state index < -0.39 is 0 Å². The highest BCUT2D eigenvalue weighted by Crippen LogP contribution is 2.56. The molecule has 0 aromatic rings. The normalized spacial score (nSPS) is 34.1. The third-order valence-corrected chi connectivity index (χ3v) is 4.91. The van der Waals surface area contributed by atoms with Crippen molar-refractivity contribution in [2.45, 2.75) is 69.9 Å². The SMILES string of the molecule is C1CCC(CNC2CCC3(CC2)CC3)OC1. The van der Waals surface area contributed by atoms with Gasteiger partial charge in [0.25, 0.3) is 0 Å². The van der Waals surface area contributed by atoms with Gasteiger partial charge in [-0.1, -0.05) is 0 Å². The maximum Gasteiger partial charge on any atom is 0.0699 e. The van der Waals surface area contributed by atoms with E-state index in [1.807, 2.05) is 0 Å². The Morgan fingerprint density at radius 1 is 1.00 bits per heavy atom. The predicted molar refractivity (Wildman–Crippen MR) is 65.5 cm³/mol. The Morgan fingerprint density at radius 3 is 2.44 bits per heavy atom. The lowest BCUT2D eigenvalue weighted by Gasteiger charge is -2.31. The Kier molecular flexibility index (Phi) is 3.21. The van der Waals surface area contributed by atoms with Gasteiger partial charge in [0.15, 0.2) is 0 Å². The Morgan fingerprint density at radius 2 is 1.81 bits per heavy atom. The molecule has 0 amide bonds. The third kappa shape index (κ3) is 2.60. The minimum atomic E-state index is 0.505. The van der Waals surface area contributed by atoms with Crippen molar-refractivity contribution in [1.29, 1.82) is 0 Å².